The van der Waals surface area contributed by atoms with Gasteiger partial charge in [-0.25, -0.2) is 4.79 Å². The van der Waals surface area contributed by atoms with Crippen molar-refractivity contribution in [2.24, 2.45) is 16.7 Å². The van der Waals surface area contributed by atoms with Gasteiger partial charge in [0.25, 0.3) is 0 Å². The van der Waals surface area contributed by atoms with Crippen molar-refractivity contribution >= 4 is 11.9 Å². The zero-order chi connectivity index (χ0) is 18.8. The molecule has 6 nitrogen and oxygen atoms in total. The van der Waals surface area contributed by atoms with Crippen LogP contribution in [0.1, 0.15) is 25.1 Å². The number of aliphatic carboxylic acids is 1. The molecule has 1 fully saturated rings. The predicted molar refractivity (Wildman–Crippen MR) is 90.2 cm³/mol. The summed E-state index contributed by atoms with van der Waals surface area (Å²) in [5.41, 5.74) is -0.457. The van der Waals surface area contributed by atoms with Gasteiger partial charge in [0.05, 0.1) is 19.1 Å². The van der Waals surface area contributed by atoms with Crippen LogP contribution in [-0.2, 0) is 27.3 Å². The van der Waals surface area contributed by atoms with Crippen molar-refractivity contribution in [2.75, 3.05) is 7.11 Å². The third kappa shape index (κ3) is 2.92. The second-order valence-corrected chi connectivity index (χ2v) is 6.71. The standard InChI is InChI=1S/C19H20N2O4/c1-5-8-21-12-13(9-14(21)11-20)10-19(17(23)24)15(18(19,2)3)6-7-16(22)25-4/h1,6-7,9,12,15H,8,10H2,2-4H3,(H,23,24)/t15-,19+/m1/s1. The molecule has 1 heterocycles. The largest absolute Gasteiger partial charge is 0.481 e. The molecule has 1 aromatic rings. The molecule has 0 amide bonds. The Hall–Kier alpha value is -2.99. The molecule has 6 heteroatoms. The maximum atomic E-state index is 12.1. The smallest absolute Gasteiger partial charge is 0.330 e. The first-order valence-electron chi connectivity index (χ1n) is 7.76. The number of ether oxygens (including phenoxy) is 1. The van der Waals surface area contributed by atoms with Crippen LogP contribution in [-0.4, -0.2) is 28.7 Å². The average molecular weight is 340 g/mol. The molecule has 2 atom stereocenters. The van der Waals surface area contributed by atoms with E-state index in [9.17, 15) is 20.0 Å². The summed E-state index contributed by atoms with van der Waals surface area (Å²) in [6.45, 7) is 3.96. The topological polar surface area (TPSA) is 92.3 Å². The van der Waals surface area contributed by atoms with Gasteiger partial charge in [0, 0.05) is 18.2 Å². The lowest BCUT2D eigenvalue weighted by molar-refractivity contribution is -0.145. The number of nitrogens with zero attached hydrogens (tertiary/aromatic N) is 2. The van der Waals surface area contributed by atoms with Crippen LogP contribution in [0.15, 0.2) is 24.4 Å². The SMILES string of the molecule is C#CCn1cc(C[C@@]2(C(=O)O)[C@H](C=CC(=O)OC)C2(C)C)cc1C#N. The van der Waals surface area contributed by atoms with Crippen LogP contribution in [0.2, 0.25) is 0 Å². The van der Waals surface area contributed by atoms with Crippen LogP contribution in [0, 0.1) is 40.4 Å². The second-order valence-electron chi connectivity index (χ2n) is 6.71. The Kier molecular flexibility index (Phi) is 4.76. The molecule has 1 aliphatic carbocycles. The van der Waals surface area contributed by atoms with Crippen molar-refractivity contribution in [1.29, 1.82) is 5.26 Å². The van der Waals surface area contributed by atoms with E-state index in [1.54, 1.807) is 22.9 Å². The summed E-state index contributed by atoms with van der Waals surface area (Å²) >= 11 is 0. The first kappa shape index (κ1) is 18.4. The molecule has 2 rings (SSSR count). The maximum Gasteiger partial charge on any atom is 0.330 e. The number of carbonyl (C=O) groups is 2. The number of methoxy groups -OCH3 is 1. The van der Waals surface area contributed by atoms with Crippen LogP contribution in [0.4, 0.5) is 0 Å². The van der Waals surface area contributed by atoms with Gasteiger partial charge in [0.2, 0.25) is 0 Å². The summed E-state index contributed by atoms with van der Waals surface area (Å²) in [4.78, 5) is 23.4. The molecular formula is C19H20N2O4. The monoisotopic (exact) mass is 340 g/mol. The van der Waals surface area contributed by atoms with Crippen LogP contribution < -0.4 is 0 Å². The van der Waals surface area contributed by atoms with Crippen molar-refractivity contribution in [3.05, 3.63) is 35.7 Å². The normalized spacial score (nSPS) is 23.6. The average Bonchev–Trinajstić information content (AvgIpc) is 2.84. The molecule has 0 aromatic carbocycles. The van der Waals surface area contributed by atoms with E-state index in [1.807, 2.05) is 13.8 Å². The van der Waals surface area contributed by atoms with Gasteiger partial charge in [-0.15, -0.1) is 6.42 Å². The Morgan fingerprint density at radius 2 is 2.20 bits per heavy atom. The molecule has 130 valence electrons. The highest BCUT2D eigenvalue weighted by Gasteiger charge is 2.74. The number of nitriles is 1. The minimum absolute atomic E-state index is 0.248. The predicted octanol–water partition coefficient (Wildman–Crippen LogP) is 1.99. The third-order valence-corrected chi connectivity index (χ3v) is 5.19. The number of esters is 1. The van der Waals surface area contributed by atoms with Crippen molar-refractivity contribution < 1.29 is 19.4 Å². The number of carbonyl (C=O) groups excluding carboxylic acids is 1. The summed E-state index contributed by atoms with van der Waals surface area (Å²) in [7, 11) is 1.27. The summed E-state index contributed by atoms with van der Waals surface area (Å²) in [6, 6.07) is 3.72. The van der Waals surface area contributed by atoms with Crippen LogP contribution >= 0.6 is 0 Å². The fourth-order valence-corrected chi connectivity index (χ4v) is 3.67. The Morgan fingerprint density at radius 3 is 2.72 bits per heavy atom. The molecule has 0 aliphatic heterocycles. The lowest BCUT2D eigenvalue weighted by atomic mass is 9.89. The molecule has 1 saturated carbocycles. The zero-order valence-electron chi connectivity index (χ0n) is 14.4. The zero-order valence-corrected chi connectivity index (χ0v) is 14.4. The Labute approximate surface area is 146 Å². The number of terminal acetylenes is 1. The number of hydrogen-bond acceptors (Lipinski definition) is 4. The quantitative estimate of drug-likeness (QED) is 0.486. The minimum Gasteiger partial charge on any atom is -0.481 e. The first-order valence-corrected chi connectivity index (χ1v) is 7.76. The summed E-state index contributed by atoms with van der Waals surface area (Å²) in [6.07, 6.45) is 10.1. The molecule has 0 spiro atoms. The van der Waals surface area contributed by atoms with Crippen molar-refractivity contribution in [2.45, 2.75) is 26.8 Å². The van der Waals surface area contributed by atoms with Gasteiger partial charge < -0.3 is 14.4 Å². The van der Waals surface area contributed by atoms with E-state index >= 15 is 0 Å². The summed E-state index contributed by atoms with van der Waals surface area (Å²) < 4.78 is 6.20. The van der Waals surface area contributed by atoms with Gasteiger partial charge in [0.15, 0.2) is 0 Å². The van der Waals surface area contributed by atoms with E-state index in [0.29, 0.717) is 5.69 Å². The molecule has 0 bridgehead atoms. The van der Waals surface area contributed by atoms with Gasteiger partial charge in [-0.3, -0.25) is 4.79 Å². The third-order valence-electron chi connectivity index (χ3n) is 5.19. The van der Waals surface area contributed by atoms with Crippen molar-refractivity contribution in [3.8, 4) is 18.4 Å². The summed E-state index contributed by atoms with van der Waals surface area (Å²) in [5, 5.41) is 19.1. The highest BCUT2D eigenvalue weighted by Crippen LogP contribution is 2.71. The lowest BCUT2D eigenvalue weighted by Gasteiger charge is -2.14. The van der Waals surface area contributed by atoms with Crippen LogP contribution in [0.3, 0.4) is 0 Å². The van der Waals surface area contributed by atoms with Gasteiger partial charge in [0.1, 0.15) is 11.8 Å². The summed E-state index contributed by atoms with van der Waals surface area (Å²) in [5.74, 6) is 0.699. The molecule has 1 aromatic heterocycles. The van der Waals surface area contributed by atoms with Gasteiger partial charge in [-0.1, -0.05) is 25.8 Å². The highest BCUT2D eigenvalue weighted by molar-refractivity contribution is 5.85. The molecular weight excluding hydrogens is 320 g/mol. The molecule has 0 saturated heterocycles. The lowest BCUT2D eigenvalue weighted by Crippen LogP contribution is -2.24. The van der Waals surface area contributed by atoms with Gasteiger partial charge in [-0.05, 0) is 23.5 Å². The van der Waals surface area contributed by atoms with E-state index in [1.165, 1.54) is 13.2 Å². The number of carboxylic acids is 1. The van der Waals surface area contributed by atoms with Crippen molar-refractivity contribution in [3.63, 3.8) is 0 Å². The fourth-order valence-electron chi connectivity index (χ4n) is 3.67. The van der Waals surface area contributed by atoms with E-state index < -0.39 is 22.8 Å². The molecule has 0 unspecified atom stereocenters. The number of allylic oxidation sites excluding steroid dienone is 1. The molecule has 0 radical (unpaired) electrons. The fraction of sp³-hybridized carbons (Fsp3) is 0.421. The maximum absolute atomic E-state index is 12.1. The Morgan fingerprint density at radius 1 is 1.52 bits per heavy atom. The van der Waals surface area contributed by atoms with Crippen LogP contribution in [0.25, 0.3) is 0 Å². The van der Waals surface area contributed by atoms with E-state index in [-0.39, 0.29) is 18.9 Å². The first-order chi connectivity index (χ1) is 11.7. The van der Waals surface area contributed by atoms with E-state index in [0.717, 1.165) is 5.56 Å². The van der Waals surface area contributed by atoms with Crippen molar-refractivity contribution in [1.82, 2.24) is 4.57 Å². The minimum atomic E-state index is -1.05. The van der Waals surface area contributed by atoms with Gasteiger partial charge >= 0.3 is 11.9 Å². The Bertz CT molecular complexity index is 819. The Balaban J connectivity index is 2.35. The van der Waals surface area contributed by atoms with Gasteiger partial charge in [-0.2, -0.15) is 5.26 Å². The van der Waals surface area contributed by atoms with E-state index in [4.69, 9.17) is 6.42 Å². The molecule has 25 heavy (non-hydrogen) atoms. The number of aromatic nitrogens is 1. The van der Waals surface area contributed by atoms with E-state index in [2.05, 4.69) is 16.7 Å². The molecule has 1 aliphatic rings. The number of hydrogen-bond donors (Lipinski definition) is 1. The number of rotatable bonds is 6. The molecule has 1 N–H and O–H groups in total. The highest BCUT2D eigenvalue weighted by atomic mass is 16.5. The second kappa shape index (κ2) is 6.49. The number of carboxylic acid groups (broad SMARTS) is 1. The van der Waals surface area contributed by atoms with Crippen LogP contribution in [0.5, 0.6) is 0 Å².